The average molecular weight is 450 g/mol. The number of fused-ring (bicyclic) bond motifs is 2. The molecule has 1 aromatic rings. The van der Waals surface area contributed by atoms with Crippen molar-refractivity contribution in [2.75, 3.05) is 6.54 Å². The van der Waals surface area contributed by atoms with Gasteiger partial charge in [0, 0.05) is 39.9 Å². The van der Waals surface area contributed by atoms with E-state index >= 15 is 0 Å². The van der Waals surface area contributed by atoms with E-state index in [4.69, 9.17) is 4.74 Å². The monoisotopic (exact) mass is 449 g/mol. The van der Waals surface area contributed by atoms with Crippen LogP contribution in [0.3, 0.4) is 0 Å². The minimum atomic E-state index is -0.778. The van der Waals surface area contributed by atoms with Crippen LogP contribution in [0.4, 0.5) is 0 Å². The van der Waals surface area contributed by atoms with Crippen molar-refractivity contribution in [2.24, 2.45) is 28.1 Å². The lowest BCUT2D eigenvalue weighted by atomic mass is 9.35. The first-order valence-corrected chi connectivity index (χ1v) is 13.4. The van der Waals surface area contributed by atoms with Crippen LogP contribution in [-0.2, 0) is 11.8 Å². The zero-order valence-electron chi connectivity index (χ0n) is 20.9. The number of piperidine rings is 1. The van der Waals surface area contributed by atoms with Crippen LogP contribution >= 0.6 is 0 Å². The number of benzene rings is 1. The molecule has 5 saturated carbocycles. The molecule has 3 spiro atoms. The standard InChI is InChI=1S/C29H39NO3/c1-24(2,3)26(5,32)19-13-27-11-10-25(19,4)23-29(27)15-28(22(27)30(28)14-16-6-7-16)12-17-8-9-18(31)21(33-23)20(17)29/h8-9,16,19,22-23,31-32H,6-7,10-15H2,1-5H3/t19?,22-,23?,25?,26?,27?,28+,29-,30?/m0/s1. The summed E-state index contributed by atoms with van der Waals surface area (Å²) >= 11 is 0. The Hall–Kier alpha value is -1.26. The summed E-state index contributed by atoms with van der Waals surface area (Å²) in [7, 11) is 0. The van der Waals surface area contributed by atoms with Gasteiger partial charge >= 0.3 is 0 Å². The number of aromatic hydroxyl groups is 1. The normalized spacial score (nSPS) is 51.6. The maximum atomic E-state index is 12.1. The number of nitrogens with zero attached hydrogens (tertiary/aromatic N) is 1. The van der Waals surface area contributed by atoms with Crippen LogP contribution in [0.1, 0.15) is 84.3 Å². The van der Waals surface area contributed by atoms with Crippen molar-refractivity contribution in [2.45, 2.75) is 108 Å². The highest BCUT2D eigenvalue weighted by Crippen LogP contribution is 2.87. The molecule has 2 heterocycles. The number of aliphatic hydroxyl groups is 1. The Balaban J connectivity index is 1.37. The van der Waals surface area contributed by atoms with E-state index < -0.39 is 5.60 Å². The first-order chi connectivity index (χ1) is 15.4. The van der Waals surface area contributed by atoms with E-state index in [2.05, 4.69) is 45.6 Å². The Labute approximate surface area is 197 Å². The van der Waals surface area contributed by atoms with E-state index in [0.29, 0.717) is 11.8 Å². The molecule has 6 aliphatic carbocycles. The quantitative estimate of drug-likeness (QED) is 0.652. The molecule has 4 bridgehead atoms. The maximum Gasteiger partial charge on any atom is 0.165 e. The molecule has 0 amide bonds. The Bertz CT molecular complexity index is 1120. The van der Waals surface area contributed by atoms with Crippen LogP contribution in [0.5, 0.6) is 11.5 Å². The average Bonchev–Trinajstić information content (AvgIpc) is 3.59. The van der Waals surface area contributed by atoms with Crippen LogP contribution in [-0.4, -0.2) is 44.9 Å². The van der Waals surface area contributed by atoms with Gasteiger partial charge in [-0.15, -0.1) is 0 Å². The topological polar surface area (TPSA) is 52.7 Å². The number of rotatable bonds is 3. The fourth-order valence-corrected chi connectivity index (χ4v) is 10.6. The van der Waals surface area contributed by atoms with Crippen molar-refractivity contribution in [1.82, 2.24) is 4.90 Å². The molecule has 0 radical (unpaired) electrons. The third-order valence-electron chi connectivity index (χ3n) is 12.6. The number of phenols is 1. The molecule has 6 unspecified atom stereocenters. The van der Waals surface area contributed by atoms with Gasteiger partial charge in [-0.3, -0.25) is 4.90 Å². The Morgan fingerprint density at radius 3 is 2.61 bits per heavy atom. The first-order valence-electron chi connectivity index (χ1n) is 13.4. The third-order valence-corrected chi connectivity index (χ3v) is 12.6. The number of hydrogen-bond acceptors (Lipinski definition) is 4. The summed E-state index contributed by atoms with van der Waals surface area (Å²) in [6.07, 6.45) is 8.62. The van der Waals surface area contributed by atoms with Gasteiger partial charge in [0.25, 0.3) is 0 Å². The largest absolute Gasteiger partial charge is 0.504 e. The maximum absolute atomic E-state index is 12.1. The number of ether oxygens (including phenoxy) is 1. The molecule has 4 nitrogen and oxygen atoms in total. The van der Waals surface area contributed by atoms with E-state index in [1.807, 2.05) is 6.07 Å². The first kappa shape index (κ1) is 20.0. The SMILES string of the molecule is CC12CCC3(CC1C(C)(O)C(C)(C)C)[C@@H]1N(CC4CC4)[C@@]14Cc1ccc(O)c5c1[C@@]3(C4)C2O5. The number of likely N-dealkylation sites (tertiary alicyclic amines) is 1. The second-order valence-electron chi connectivity index (χ2n) is 14.7. The summed E-state index contributed by atoms with van der Waals surface area (Å²) in [5, 5.41) is 23.1. The fourth-order valence-electron chi connectivity index (χ4n) is 10.6. The highest BCUT2D eigenvalue weighted by atomic mass is 16.5. The van der Waals surface area contributed by atoms with Crippen molar-refractivity contribution < 1.29 is 14.9 Å². The molecule has 0 aromatic heterocycles. The molecule has 33 heavy (non-hydrogen) atoms. The van der Waals surface area contributed by atoms with E-state index in [-0.39, 0.29) is 39.2 Å². The second kappa shape index (κ2) is 5.14. The Morgan fingerprint density at radius 1 is 1.15 bits per heavy atom. The molecule has 9 rings (SSSR count). The second-order valence-corrected chi connectivity index (χ2v) is 14.7. The van der Waals surface area contributed by atoms with Gasteiger partial charge in [0.15, 0.2) is 11.5 Å². The zero-order chi connectivity index (χ0) is 23.0. The van der Waals surface area contributed by atoms with Gasteiger partial charge in [-0.05, 0) is 80.8 Å². The summed E-state index contributed by atoms with van der Waals surface area (Å²) < 4.78 is 6.94. The van der Waals surface area contributed by atoms with Gasteiger partial charge in [-0.25, -0.2) is 0 Å². The lowest BCUT2D eigenvalue weighted by Gasteiger charge is -2.70. The summed E-state index contributed by atoms with van der Waals surface area (Å²) in [6, 6.07) is 4.70. The molecular formula is C29H39NO3. The highest BCUT2D eigenvalue weighted by molar-refractivity contribution is 5.67. The fraction of sp³-hybridized carbons (Fsp3) is 0.793. The third kappa shape index (κ3) is 1.83. The molecule has 178 valence electrons. The van der Waals surface area contributed by atoms with E-state index in [0.717, 1.165) is 30.9 Å². The van der Waals surface area contributed by atoms with Crippen LogP contribution in [0, 0.1) is 28.1 Å². The molecule has 1 saturated heterocycles. The molecule has 8 aliphatic rings. The van der Waals surface area contributed by atoms with Gasteiger partial charge in [-0.1, -0.05) is 33.8 Å². The summed E-state index contributed by atoms with van der Waals surface area (Å²) in [4.78, 5) is 2.91. The predicted octanol–water partition coefficient (Wildman–Crippen LogP) is 4.79. The van der Waals surface area contributed by atoms with Gasteiger partial charge in [0.2, 0.25) is 0 Å². The van der Waals surface area contributed by atoms with Gasteiger partial charge < -0.3 is 14.9 Å². The Kier molecular flexibility index (Phi) is 3.11. The molecule has 2 aliphatic heterocycles. The molecular weight excluding hydrogens is 410 g/mol. The highest BCUT2D eigenvalue weighted by Gasteiger charge is 2.91. The van der Waals surface area contributed by atoms with Crippen molar-refractivity contribution in [3.8, 4) is 11.5 Å². The van der Waals surface area contributed by atoms with Crippen LogP contribution < -0.4 is 4.74 Å². The smallest absolute Gasteiger partial charge is 0.165 e. The minimum Gasteiger partial charge on any atom is -0.504 e. The number of hydrogen-bond donors (Lipinski definition) is 2. The van der Waals surface area contributed by atoms with Gasteiger partial charge in [0.1, 0.15) is 6.10 Å². The van der Waals surface area contributed by atoms with Gasteiger partial charge in [-0.2, -0.15) is 0 Å². The van der Waals surface area contributed by atoms with Crippen molar-refractivity contribution in [1.29, 1.82) is 0 Å². The van der Waals surface area contributed by atoms with Crippen LogP contribution in [0.15, 0.2) is 12.1 Å². The summed E-state index contributed by atoms with van der Waals surface area (Å²) in [6.45, 7) is 12.4. The van der Waals surface area contributed by atoms with Crippen LogP contribution in [0.2, 0.25) is 0 Å². The Morgan fingerprint density at radius 2 is 1.91 bits per heavy atom. The number of phenolic OH excluding ortho intramolecular Hbond substituents is 1. The molecule has 1 aromatic carbocycles. The lowest BCUT2D eigenvalue weighted by molar-refractivity contribution is -0.246. The van der Waals surface area contributed by atoms with E-state index in [1.165, 1.54) is 43.4 Å². The van der Waals surface area contributed by atoms with Crippen molar-refractivity contribution in [3.05, 3.63) is 23.3 Å². The van der Waals surface area contributed by atoms with Gasteiger partial charge in [0.05, 0.1) is 5.60 Å². The zero-order valence-corrected chi connectivity index (χ0v) is 20.9. The summed E-state index contributed by atoms with van der Waals surface area (Å²) in [5.41, 5.74) is 2.17. The van der Waals surface area contributed by atoms with E-state index in [1.54, 1.807) is 0 Å². The summed E-state index contributed by atoms with van der Waals surface area (Å²) in [5.74, 6) is 2.20. The van der Waals surface area contributed by atoms with Crippen LogP contribution in [0.25, 0.3) is 0 Å². The molecule has 2 N–H and O–H groups in total. The predicted molar refractivity (Wildman–Crippen MR) is 126 cm³/mol. The molecule has 4 heteroatoms. The van der Waals surface area contributed by atoms with Crippen molar-refractivity contribution >= 4 is 0 Å². The molecule has 9 atom stereocenters. The molecule has 6 fully saturated rings. The van der Waals surface area contributed by atoms with Crippen molar-refractivity contribution in [3.63, 3.8) is 0 Å². The lowest BCUT2D eigenvalue weighted by Crippen LogP contribution is -2.73. The van der Waals surface area contributed by atoms with E-state index in [9.17, 15) is 10.2 Å². The minimum absolute atomic E-state index is 0.0108.